The van der Waals surface area contributed by atoms with Gasteiger partial charge in [-0.3, -0.25) is 4.98 Å². The predicted molar refractivity (Wildman–Crippen MR) is 123 cm³/mol. The summed E-state index contributed by atoms with van der Waals surface area (Å²) in [7, 11) is 0. The van der Waals surface area contributed by atoms with Crippen molar-refractivity contribution in [3.63, 3.8) is 0 Å². The van der Waals surface area contributed by atoms with E-state index in [0.29, 0.717) is 18.8 Å². The molecule has 1 heterocycles. The Kier molecular flexibility index (Phi) is 6.92. The van der Waals surface area contributed by atoms with Gasteiger partial charge in [-0.25, -0.2) is 4.79 Å². The molecule has 0 spiro atoms. The first kappa shape index (κ1) is 21.3. The Morgan fingerprint density at radius 2 is 1.91 bits per heavy atom. The maximum Gasteiger partial charge on any atom is 0.341 e. The fourth-order valence-corrected chi connectivity index (χ4v) is 3.65. The van der Waals surface area contributed by atoms with Crippen LogP contribution < -0.4 is 4.74 Å². The van der Waals surface area contributed by atoms with Crippen LogP contribution in [-0.2, 0) is 22.5 Å². The van der Waals surface area contributed by atoms with Gasteiger partial charge in [0.05, 0.1) is 5.71 Å². The average Bonchev–Trinajstić information content (AvgIpc) is 2.83. The number of ether oxygens (including phenoxy) is 1. The lowest BCUT2D eigenvalue weighted by atomic mass is 9.92. The van der Waals surface area contributed by atoms with Crippen LogP contribution in [0.15, 0.2) is 83.8 Å². The molecule has 0 aliphatic heterocycles. The van der Waals surface area contributed by atoms with E-state index < -0.39 is 5.97 Å². The lowest BCUT2D eigenvalue weighted by Crippen LogP contribution is -2.12. The lowest BCUT2D eigenvalue weighted by Gasteiger charge is -2.19. The van der Waals surface area contributed by atoms with Crippen LogP contribution in [0.2, 0.25) is 0 Å². The lowest BCUT2D eigenvalue weighted by molar-refractivity contribution is -0.139. The Labute approximate surface area is 186 Å². The molecule has 1 aliphatic rings. The fourth-order valence-electron chi connectivity index (χ4n) is 3.65. The number of carboxylic acids is 1. The van der Waals surface area contributed by atoms with Gasteiger partial charge in [0, 0.05) is 29.9 Å². The van der Waals surface area contributed by atoms with E-state index in [9.17, 15) is 4.79 Å². The molecule has 0 unspecified atom stereocenters. The zero-order chi connectivity index (χ0) is 22.2. The largest absolute Gasteiger partial charge is 0.482 e. The van der Waals surface area contributed by atoms with Crippen LogP contribution in [0.25, 0.3) is 6.08 Å². The van der Waals surface area contributed by atoms with Crippen LogP contribution in [0, 0.1) is 0 Å². The van der Waals surface area contributed by atoms with Gasteiger partial charge in [-0.05, 0) is 47.7 Å². The van der Waals surface area contributed by atoms with Crippen LogP contribution in [0.5, 0.6) is 5.75 Å². The van der Waals surface area contributed by atoms with Crippen molar-refractivity contribution in [2.45, 2.75) is 19.3 Å². The number of hydrogen-bond donors (Lipinski definition) is 1. The standard InChI is InChI=1S/C26H24N2O4/c29-26(30)18-31-25-10-4-8-21-14-20(11-12-23(21)25)17-32-28-24(22-9-5-13-27-16-22)15-19-6-2-1-3-7-19/h1-10,13-14,16H,11-12,15,17-18H2,(H,29,30)/b28-24-. The molecule has 0 atom stereocenters. The van der Waals surface area contributed by atoms with Crippen molar-refractivity contribution in [2.24, 2.45) is 5.16 Å². The van der Waals surface area contributed by atoms with Gasteiger partial charge >= 0.3 is 5.97 Å². The molecule has 6 heteroatoms. The molecule has 0 saturated carbocycles. The molecular weight excluding hydrogens is 404 g/mol. The highest BCUT2D eigenvalue weighted by Gasteiger charge is 2.16. The number of pyridine rings is 1. The second-order valence-electron chi connectivity index (χ2n) is 7.52. The highest BCUT2D eigenvalue weighted by atomic mass is 16.6. The fraction of sp³-hybridized carbons (Fsp3) is 0.192. The Balaban J connectivity index is 1.47. The molecule has 0 radical (unpaired) electrons. The second kappa shape index (κ2) is 10.4. The van der Waals surface area contributed by atoms with Crippen LogP contribution in [-0.4, -0.2) is 35.0 Å². The summed E-state index contributed by atoms with van der Waals surface area (Å²) >= 11 is 0. The van der Waals surface area contributed by atoms with Gasteiger partial charge in [0.15, 0.2) is 6.61 Å². The van der Waals surface area contributed by atoms with Crippen LogP contribution in [0.4, 0.5) is 0 Å². The van der Waals surface area contributed by atoms with Crippen molar-refractivity contribution >= 4 is 17.8 Å². The first-order valence-electron chi connectivity index (χ1n) is 10.5. The Bertz CT molecular complexity index is 1130. The van der Waals surface area contributed by atoms with E-state index in [4.69, 9.17) is 14.7 Å². The number of carbonyl (C=O) groups is 1. The van der Waals surface area contributed by atoms with E-state index in [0.717, 1.165) is 46.4 Å². The number of rotatable bonds is 9. The summed E-state index contributed by atoms with van der Waals surface area (Å²) < 4.78 is 5.43. The van der Waals surface area contributed by atoms with Crippen LogP contribution >= 0.6 is 0 Å². The minimum absolute atomic E-state index is 0.344. The second-order valence-corrected chi connectivity index (χ2v) is 7.52. The maximum absolute atomic E-state index is 10.8. The molecule has 1 aliphatic carbocycles. The van der Waals surface area contributed by atoms with E-state index in [2.05, 4.69) is 28.3 Å². The molecule has 0 bridgehead atoms. The molecule has 2 aromatic carbocycles. The number of aliphatic carboxylic acids is 1. The topological polar surface area (TPSA) is 81.0 Å². The number of hydrogen-bond acceptors (Lipinski definition) is 5. The van der Waals surface area contributed by atoms with Crippen molar-refractivity contribution in [1.82, 2.24) is 4.98 Å². The summed E-state index contributed by atoms with van der Waals surface area (Å²) in [4.78, 5) is 20.8. The molecule has 6 nitrogen and oxygen atoms in total. The normalized spacial score (nSPS) is 13.1. The minimum Gasteiger partial charge on any atom is -0.482 e. The number of nitrogens with zero attached hydrogens (tertiary/aromatic N) is 2. The third-order valence-electron chi connectivity index (χ3n) is 5.21. The van der Waals surface area contributed by atoms with Crippen LogP contribution in [0.1, 0.15) is 28.7 Å². The predicted octanol–water partition coefficient (Wildman–Crippen LogP) is 4.54. The molecule has 3 aromatic rings. The summed E-state index contributed by atoms with van der Waals surface area (Å²) in [6.07, 6.45) is 7.82. The molecule has 1 N–H and O–H groups in total. The number of benzene rings is 2. The first-order valence-corrected chi connectivity index (χ1v) is 10.5. The highest BCUT2D eigenvalue weighted by molar-refractivity contribution is 6.01. The van der Waals surface area contributed by atoms with E-state index in [1.807, 2.05) is 48.5 Å². The number of carboxylic acid groups (broad SMARTS) is 1. The Morgan fingerprint density at radius 3 is 2.69 bits per heavy atom. The van der Waals surface area contributed by atoms with Crippen molar-refractivity contribution < 1.29 is 19.5 Å². The zero-order valence-corrected chi connectivity index (χ0v) is 17.6. The molecule has 0 fully saturated rings. The zero-order valence-electron chi connectivity index (χ0n) is 17.6. The van der Waals surface area contributed by atoms with Crippen molar-refractivity contribution in [3.05, 3.63) is 101 Å². The summed E-state index contributed by atoms with van der Waals surface area (Å²) in [6, 6.07) is 19.7. The van der Waals surface area contributed by atoms with Gasteiger partial charge in [-0.15, -0.1) is 0 Å². The molecule has 4 rings (SSSR count). The monoisotopic (exact) mass is 428 g/mol. The molecule has 32 heavy (non-hydrogen) atoms. The van der Waals surface area contributed by atoms with Gasteiger partial charge in [-0.2, -0.15) is 0 Å². The molecule has 162 valence electrons. The molecule has 1 aromatic heterocycles. The summed E-state index contributed by atoms with van der Waals surface area (Å²) in [5.41, 5.74) is 6.09. The molecule has 0 saturated heterocycles. The van der Waals surface area contributed by atoms with Crippen molar-refractivity contribution in [2.75, 3.05) is 13.2 Å². The van der Waals surface area contributed by atoms with Gasteiger partial charge in [0.25, 0.3) is 0 Å². The van der Waals surface area contributed by atoms with E-state index in [1.165, 1.54) is 0 Å². The average molecular weight is 428 g/mol. The minimum atomic E-state index is -0.985. The number of fused-ring (bicyclic) bond motifs is 1. The third-order valence-corrected chi connectivity index (χ3v) is 5.21. The van der Waals surface area contributed by atoms with Crippen molar-refractivity contribution in [1.29, 1.82) is 0 Å². The smallest absolute Gasteiger partial charge is 0.341 e. The molecule has 0 amide bonds. The summed E-state index contributed by atoms with van der Waals surface area (Å²) in [6.45, 7) is 0.0432. The number of aromatic nitrogens is 1. The SMILES string of the molecule is O=C(O)COc1cccc2c1CCC(CO/N=C(/Cc1ccccc1)c1cccnc1)=C2. The quantitative estimate of drug-likeness (QED) is 0.400. The van der Waals surface area contributed by atoms with E-state index in [1.54, 1.807) is 12.4 Å². The summed E-state index contributed by atoms with van der Waals surface area (Å²) in [5.74, 6) is -0.360. The van der Waals surface area contributed by atoms with Crippen LogP contribution in [0.3, 0.4) is 0 Å². The van der Waals surface area contributed by atoms with E-state index in [-0.39, 0.29) is 6.61 Å². The van der Waals surface area contributed by atoms with Gasteiger partial charge in [-0.1, -0.05) is 53.7 Å². The Hall–Kier alpha value is -3.93. The maximum atomic E-state index is 10.8. The highest BCUT2D eigenvalue weighted by Crippen LogP contribution is 2.31. The third kappa shape index (κ3) is 5.60. The van der Waals surface area contributed by atoms with Crippen molar-refractivity contribution in [3.8, 4) is 5.75 Å². The number of oxime groups is 1. The Morgan fingerprint density at radius 1 is 1.03 bits per heavy atom. The van der Waals surface area contributed by atoms with E-state index >= 15 is 0 Å². The summed E-state index contributed by atoms with van der Waals surface area (Å²) in [5, 5.41) is 13.3. The first-order chi connectivity index (χ1) is 15.7. The molecular formula is C26H24N2O4. The van der Waals surface area contributed by atoms with Gasteiger partial charge in [0.2, 0.25) is 0 Å². The van der Waals surface area contributed by atoms with Gasteiger partial charge < -0.3 is 14.7 Å². The van der Waals surface area contributed by atoms with Gasteiger partial charge in [0.1, 0.15) is 12.4 Å².